The average Bonchev–Trinajstić information content (AvgIpc) is 3.35. The molecule has 0 aliphatic heterocycles. The fraction of sp³-hybridized carbons (Fsp3) is 0.450. The number of anilines is 1. The number of carbonyl (C=O) groups excluding carboxylic acids is 1. The Morgan fingerprint density at radius 3 is 2.39 bits per heavy atom. The first-order valence-corrected chi connectivity index (χ1v) is 10.2. The van der Waals surface area contributed by atoms with E-state index < -0.39 is 30.5 Å². The zero-order valence-corrected chi connectivity index (χ0v) is 17.1. The highest BCUT2D eigenvalue weighted by atomic mass is 19.4. The molecule has 13 heteroatoms. The lowest BCUT2D eigenvalue weighted by Crippen LogP contribution is -2.40. The molecule has 1 aliphatic rings. The summed E-state index contributed by atoms with van der Waals surface area (Å²) in [5.41, 5.74) is -0.743. The van der Waals surface area contributed by atoms with Crippen LogP contribution in [0, 0.1) is 0 Å². The molecule has 7 nitrogen and oxygen atoms in total. The minimum atomic E-state index is -4.54. The van der Waals surface area contributed by atoms with E-state index in [1.165, 1.54) is 10.5 Å². The lowest BCUT2D eigenvalue weighted by molar-refractivity contribution is -0.142. The van der Waals surface area contributed by atoms with Crippen LogP contribution in [0.2, 0.25) is 0 Å². The number of nitrogens with zero attached hydrogens (tertiary/aromatic N) is 4. The van der Waals surface area contributed by atoms with Crippen LogP contribution in [-0.2, 0) is 12.7 Å². The molecule has 1 saturated carbocycles. The van der Waals surface area contributed by atoms with Gasteiger partial charge in [0.05, 0.1) is 11.8 Å². The van der Waals surface area contributed by atoms with E-state index in [1.807, 2.05) is 0 Å². The third kappa shape index (κ3) is 5.57. The van der Waals surface area contributed by atoms with Gasteiger partial charge in [0.25, 0.3) is 5.91 Å². The largest absolute Gasteiger partial charge is 0.434 e. The molecule has 1 aliphatic carbocycles. The molecule has 178 valence electrons. The number of halogens is 6. The first-order chi connectivity index (χ1) is 15.5. The van der Waals surface area contributed by atoms with Crippen molar-refractivity contribution in [1.29, 1.82) is 0 Å². The van der Waals surface area contributed by atoms with Crippen LogP contribution >= 0.6 is 0 Å². The summed E-state index contributed by atoms with van der Waals surface area (Å²) in [5.74, 6) is -0.0113. The van der Waals surface area contributed by atoms with Crippen LogP contribution in [0.5, 0.6) is 0 Å². The SMILES string of the molecule is O=C(NC1CCC(Nc2cccc3nc(C(F)(F)F)cn23)CC1)c1cnn(CC(F)(F)F)c1. The Bertz CT molecular complexity index is 1130. The van der Waals surface area contributed by atoms with Crippen molar-refractivity contribution < 1.29 is 31.1 Å². The Hall–Kier alpha value is -3.25. The first kappa shape index (κ1) is 22.9. The van der Waals surface area contributed by atoms with E-state index in [2.05, 4.69) is 20.7 Å². The number of fused-ring (bicyclic) bond motifs is 1. The molecule has 33 heavy (non-hydrogen) atoms. The molecule has 0 radical (unpaired) electrons. The number of imidazole rings is 1. The quantitative estimate of drug-likeness (QED) is 0.542. The maximum atomic E-state index is 13.0. The van der Waals surface area contributed by atoms with Crippen LogP contribution in [0.15, 0.2) is 36.8 Å². The van der Waals surface area contributed by atoms with E-state index in [9.17, 15) is 31.1 Å². The van der Waals surface area contributed by atoms with Crippen molar-refractivity contribution in [3.05, 3.63) is 48.0 Å². The molecule has 1 fully saturated rings. The lowest BCUT2D eigenvalue weighted by Gasteiger charge is -2.30. The van der Waals surface area contributed by atoms with Crippen molar-refractivity contribution in [2.45, 2.75) is 56.7 Å². The fourth-order valence-electron chi connectivity index (χ4n) is 3.88. The minimum Gasteiger partial charge on any atom is -0.368 e. The van der Waals surface area contributed by atoms with Gasteiger partial charge in [-0.1, -0.05) is 6.07 Å². The summed E-state index contributed by atoms with van der Waals surface area (Å²) in [7, 11) is 0. The molecule has 1 amide bonds. The Morgan fingerprint density at radius 2 is 1.73 bits per heavy atom. The van der Waals surface area contributed by atoms with Crippen molar-refractivity contribution in [3.8, 4) is 0 Å². The van der Waals surface area contributed by atoms with E-state index >= 15 is 0 Å². The Morgan fingerprint density at radius 1 is 1.03 bits per heavy atom. The predicted molar refractivity (Wildman–Crippen MR) is 106 cm³/mol. The molecule has 0 spiro atoms. The van der Waals surface area contributed by atoms with Gasteiger partial charge in [-0.3, -0.25) is 13.9 Å². The van der Waals surface area contributed by atoms with Gasteiger partial charge in [0.1, 0.15) is 18.0 Å². The summed E-state index contributed by atoms with van der Waals surface area (Å²) >= 11 is 0. The molecule has 0 saturated heterocycles. The normalized spacial score (nSPS) is 19.6. The molecule has 0 aromatic carbocycles. The van der Waals surface area contributed by atoms with Gasteiger partial charge in [0.15, 0.2) is 5.69 Å². The minimum absolute atomic E-state index is 0.0185. The monoisotopic (exact) mass is 474 g/mol. The van der Waals surface area contributed by atoms with Gasteiger partial charge in [0.2, 0.25) is 0 Å². The maximum absolute atomic E-state index is 13.0. The summed E-state index contributed by atoms with van der Waals surface area (Å²) in [4.78, 5) is 15.9. The third-order valence-corrected chi connectivity index (χ3v) is 5.43. The van der Waals surface area contributed by atoms with Crippen LogP contribution in [0.1, 0.15) is 41.7 Å². The molecule has 2 N–H and O–H groups in total. The second kappa shape index (κ2) is 8.60. The second-order valence-electron chi connectivity index (χ2n) is 7.97. The van der Waals surface area contributed by atoms with Crippen LogP contribution in [0.3, 0.4) is 0 Å². The number of pyridine rings is 1. The van der Waals surface area contributed by atoms with E-state index in [-0.39, 0.29) is 23.3 Å². The standard InChI is InChI=1S/C20H20F6N6O/c21-19(22,23)11-31-9-12(8-27-31)18(33)29-14-6-4-13(5-7-14)28-16-2-1-3-17-30-15(10-32(16)17)20(24,25)26/h1-3,8-10,13-14,28H,4-7,11H2,(H,29,33). The number of amides is 1. The van der Waals surface area contributed by atoms with E-state index in [0.717, 1.165) is 18.6 Å². The number of hydrogen-bond acceptors (Lipinski definition) is 4. The molecular weight excluding hydrogens is 454 g/mol. The smallest absolute Gasteiger partial charge is 0.368 e. The summed E-state index contributed by atoms with van der Waals surface area (Å²) in [6.07, 6.45) is -3.37. The Kier molecular flexibility index (Phi) is 5.97. The summed E-state index contributed by atoms with van der Waals surface area (Å²) in [6, 6.07) is 4.60. The summed E-state index contributed by atoms with van der Waals surface area (Å²) < 4.78 is 78.2. The maximum Gasteiger partial charge on any atom is 0.434 e. The van der Waals surface area contributed by atoms with Gasteiger partial charge in [-0.25, -0.2) is 4.98 Å². The fourth-order valence-corrected chi connectivity index (χ4v) is 3.88. The molecule has 3 heterocycles. The summed E-state index contributed by atoms with van der Waals surface area (Å²) in [5, 5.41) is 9.61. The van der Waals surface area contributed by atoms with Crippen LogP contribution < -0.4 is 10.6 Å². The highest BCUT2D eigenvalue weighted by molar-refractivity contribution is 5.93. The number of hydrogen-bond donors (Lipinski definition) is 2. The third-order valence-electron chi connectivity index (χ3n) is 5.43. The molecule has 0 bridgehead atoms. The molecule has 0 atom stereocenters. The van der Waals surface area contributed by atoms with Gasteiger partial charge in [-0.2, -0.15) is 31.4 Å². The Labute approximate surface area is 183 Å². The summed E-state index contributed by atoms with van der Waals surface area (Å²) in [6.45, 7) is -1.27. The second-order valence-corrected chi connectivity index (χ2v) is 7.97. The van der Waals surface area contributed by atoms with Gasteiger partial charge in [0, 0.05) is 24.5 Å². The first-order valence-electron chi connectivity index (χ1n) is 10.2. The zero-order valence-electron chi connectivity index (χ0n) is 17.1. The van der Waals surface area contributed by atoms with Crippen molar-refractivity contribution in [2.75, 3.05) is 5.32 Å². The van der Waals surface area contributed by atoms with Crippen LogP contribution in [0.25, 0.3) is 5.65 Å². The highest BCUT2D eigenvalue weighted by Crippen LogP contribution is 2.30. The van der Waals surface area contributed by atoms with E-state index in [1.54, 1.807) is 12.1 Å². The van der Waals surface area contributed by atoms with Crippen LogP contribution in [0.4, 0.5) is 32.2 Å². The number of carbonyl (C=O) groups is 1. The van der Waals surface area contributed by atoms with E-state index in [4.69, 9.17) is 0 Å². The molecular formula is C20H20F6N6O. The average molecular weight is 474 g/mol. The Balaban J connectivity index is 1.32. The topological polar surface area (TPSA) is 76.2 Å². The van der Waals surface area contributed by atoms with Gasteiger partial charge >= 0.3 is 12.4 Å². The lowest BCUT2D eigenvalue weighted by atomic mass is 9.91. The predicted octanol–water partition coefficient (Wildman–Crippen LogP) is 4.27. The molecule has 3 aromatic rings. The number of aromatic nitrogens is 4. The molecule has 4 rings (SSSR count). The zero-order chi connectivity index (χ0) is 23.8. The number of rotatable bonds is 5. The molecule has 3 aromatic heterocycles. The van der Waals surface area contributed by atoms with E-state index in [0.29, 0.717) is 36.2 Å². The van der Waals surface area contributed by atoms with Crippen LogP contribution in [-0.4, -0.2) is 43.3 Å². The molecule has 0 unspecified atom stereocenters. The van der Waals surface area contributed by atoms with Gasteiger partial charge in [-0.15, -0.1) is 0 Å². The van der Waals surface area contributed by atoms with Crippen molar-refractivity contribution in [1.82, 2.24) is 24.5 Å². The number of alkyl halides is 6. The number of nitrogens with one attached hydrogen (secondary N) is 2. The highest BCUT2D eigenvalue weighted by Gasteiger charge is 2.34. The van der Waals surface area contributed by atoms with Crippen molar-refractivity contribution >= 4 is 17.4 Å². The van der Waals surface area contributed by atoms with Crippen molar-refractivity contribution in [2.24, 2.45) is 0 Å². The van der Waals surface area contributed by atoms with Gasteiger partial charge < -0.3 is 10.6 Å². The van der Waals surface area contributed by atoms with Crippen molar-refractivity contribution in [3.63, 3.8) is 0 Å². The van der Waals surface area contributed by atoms with Gasteiger partial charge in [-0.05, 0) is 37.8 Å².